The average molecular weight is 333 g/mol. The van der Waals surface area contributed by atoms with Crippen LogP contribution in [-0.4, -0.2) is 33.4 Å². The van der Waals surface area contributed by atoms with Crippen LogP contribution in [0.1, 0.15) is 36.2 Å². The highest BCUT2D eigenvalue weighted by atomic mass is 16.2. The summed E-state index contributed by atoms with van der Waals surface area (Å²) in [7, 11) is 0. The number of amides is 1. The van der Waals surface area contributed by atoms with E-state index in [2.05, 4.69) is 54.0 Å². The number of carbonyl (C=O) groups excluding carboxylic acids is 1. The molecule has 1 atom stereocenters. The Balaban J connectivity index is 1.79. The molecule has 1 aliphatic rings. The van der Waals surface area contributed by atoms with Crippen molar-refractivity contribution in [3.8, 4) is 0 Å². The van der Waals surface area contributed by atoms with Crippen molar-refractivity contribution >= 4 is 16.9 Å². The van der Waals surface area contributed by atoms with Gasteiger partial charge >= 0.3 is 0 Å². The smallest absolute Gasteiger partial charge is 0.223 e. The summed E-state index contributed by atoms with van der Waals surface area (Å²) in [5, 5.41) is 0. The molecular formula is C21H23N3O. The van der Waals surface area contributed by atoms with Crippen LogP contribution < -0.4 is 0 Å². The van der Waals surface area contributed by atoms with Crippen LogP contribution in [0.3, 0.4) is 0 Å². The minimum atomic E-state index is 0.170. The summed E-state index contributed by atoms with van der Waals surface area (Å²) in [4.78, 5) is 19.1. The van der Waals surface area contributed by atoms with Gasteiger partial charge < -0.3 is 9.47 Å². The second-order valence-electron chi connectivity index (χ2n) is 6.80. The van der Waals surface area contributed by atoms with Gasteiger partial charge in [0.05, 0.1) is 11.0 Å². The maximum Gasteiger partial charge on any atom is 0.223 e. The third kappa shape index (κ3) is 2.82. The fourth-order valence-corrected chi connectivity index (χ4v) is 3.78. The minimum absolute atomic E-state index is 0.170. The molecule has 0 bridgehead atoms. The van der Waals surface area contributed by atoms with Gasteiger partial charge in [-0.25, -0.2) is 4.98 Å². The van der Waals surface area contributed by atoms with Gasteiger partial charge in [0.25, 0.3) is 0 Å². The third-order valence-electron chi connectivity index (χ3n) is 5.24. The lowest BCUT2D eigenvalue weighted by Crippen LogP contribution is -2.24. The van der Waals surface area contributed by atoms with E-state index in [1.54, 1.807) is 0 Å². The van der Waals surface area contributed by atoms with Crippen molar-refractivity contribution in [3.63, 3.8) is 0 Å². The van der Waals surface area contributed by atoms with Gasteiger partial charge in [-0.15, -0.1) is 0 Å². The monoisotopic (exact) mass is 333 g/mol. The van der Waals surface area contributed by atoms with Gasteiger partial charge in [-0.2, -0.15) is 0 Å². The average Bonchev–Trinajstić information content (AvgIpc) is 3.17. The van der Waals surface area contributed by atoms with Gasteiger partial charge in [0, 0.05) is 32.0 Å². The Bertz CT molecular complexity index is 928. The predicted molar refractivity (Wildman–Crippen MR) is 99.6 cm³/mol. The van der Waals surface area contributed by atoms with Crippen LogP contribution in [0.25, 0.3) is 11.0 Å². The fourth-order valence-electron chi connectivity index (χ4n) is 3.78. The molecule has 2 heterocycles. The number of hydrogen-bond donors (Lipinski definition) is 0. The van der Waals surface area contributed by atoms with Gasteiger partial charge in [0.2, 0.25) is 5.91 Å². The van der Waals surface area contributed by atoms with E-state index >= 15 is 0 Å². The van der Waals surface area contributed by atoms with Crippen LogP contribution in [0.5, 0.6) is 0 Å². The second kappa shape index (κ2) is 6.36. The molecule has 0 radical (unpaired) electrons. The summed E-state index contributed by atoms with van der Waals surface area (Å²) < 4.78 is 2.30. The topological polar surface area (TPSA) is 38.1 Å². The van der Waals surface area contributed by atoms with Gasteiger partial charge in [0.1, 0.15) is 5.82 Å². The molecule has 1 aromatic heterocycles. The number of aryl methyl sites for hydroxylation is 1. The van der Waals surface area contributed by atoms with Crippen LogP contribution >= 0.6 is 0 Å². The molecule has 1 aliphatic heterocycles. The Hall–Kier alpha value is -2.62. The molecule has 1 saturated heterocycles. The molecule has 0 saturated carbocycles. The molecule has 4 nitrogen and oxygen atoms in total. The van der Waals surface area contributed by atoms with Crippen LogP contribution in [0.2, 0.25) is 0 Å². The van der Waals surface area contributed by atoms with Gasteiger partial charge in [-0.05, 0) is 37.1 Å². The molecule has 1 amide bonds. The van der Waals surface area contributed by atoms with Crippen molar-refractivity contribution in [1.82, 2.24) is 14.5 Å². The SMILES string of the molecule is CCN1C[C@@H](c2nc3ccccc3n2Cc2ccccc2C)CC1=O. The second-order valence-corrected chi connectivity index (χ2v) is 6.80. The Morgan fingerprint density at radius 1 is 1.12 bits per heavy atom. The summed E-state index contributed by atoms with van der Waals surface area (Å²) >= 11 is 0. The first kappa shape index (κ1) is 15.9. The van der Waals surface area contributed by atoms with Crippen molar-refractivity contribution in [2.75, 3.05) is 13.1 Å². The first-order valence-electron chi connectivity index (χ1n) is 8.94. The zero-order valence-electron chi connectivity index (χ0n) is 14.8. The number of fused-ring (bicyclic) bond motifs is 1. The van der Waals surface area contributed by atoms with E-state index in [0.717, 1.165) is 36.5 Å². The molecule has 25 heavy (non-hydrogen) atoms. The van der Waals surface area contributed by atoms with E-state index in [9.17, 15) is 4.79 Å². The van der Waals surface area contributed by atoms with E-state index in [1.165, 1.54) is 11.1 Å². The van der Waals surface area contributed by atoms with Crippen molar-refractivity contribution in [2.45, 2.75) is 32.7 Å². The number of benzene rings is 2. The van der Waals surface area contributed by atoms with Crippen molar-refractivity contribution < 1.29 is 4.79 Å². The van der Waals surface area contributed by atoms with Crippen LogP contribution in [0, 0.1) is 6.92 Å². The standard InChI is InChI=1S/C21H23N3O/c1-3-23-13-17(12-20(23)25)21-22-18-10-6-7-11-19(18)24(21)14-16-9-5-4-8-15(16)2/h4-11,17H,3,12-14H2,1-2H3/t17-/m0/s1. The normalized spacial score (nSPS) is 17.6. The Kier molecular flexibility index (Phi) is 4.04. The fraction of sp³-hybridized carbons (Fsp3) is 0.333. The van der Waals surface area contributed by atoms with E-state index in [-0.39, 0.29) is 11.8 Å². The highest BCUT2D eigenvalue weighted by Gasteiger charge is 2.33. The van der Waals surface area contributed by atoms with Gasteiger partial charge in [0.15, 0.2) is 0 Å². The Morgan fingerprint density at radius 2 is 1.88 bits per heavy atom. The van der Waals surface area contributed by atoms with Crippen molar-refractivity contribution in [2.24, 2.45) is 0 Å². The number of hydrogen-bond acceptors (Lipinski definition) is 2. The van der Waals surface area contributed by atoms with Crippen LogP contribution in [0.15, 0.2) is 48.5 Å². The van der Waals surface area contributed by atoms with Crippen LogP contribution in [0.4, 0.5) is 0 Å². The lowest BCUT2D eigenvalue weighted by atomic mass is 10.1. The molecule has 0 N–H and O–H groups in total. The molecular weight excluding hydrogens is 310 g/mol. The molecule has 2 aromatic carbocycles. The number of rotatable bonds is 4. The molecule has 1 fully saturated rings. The van der Waals surface area contributed by atoms with E-state index in [1.807, 2.05) is 17.9 Å². The van der Waals surface area contributed by atoms with Gasteiger partial charge in [-0.1, -0.05) is 36.4 Å². The summed E-state index contributed by atoms with van der Waals surface area (Å²) in [6.45, 7) is 6.52. The highest BCUT2D eigenvalue weighted by molar-refractivity contribution is 5.81. The number of para-hydroxylation sites is 2. The zero-order chi connectivity index (χ0) is 17.4. The molecule has 3 aromatic rings. The maximum absolute atomic E-state index is 12.2. The van der Waals surface area contributed by atoms with Gasteiger partial charge in [-0.3, -0.25) is 4.79 Å². The Morgan fingerprint density at radius 3 is 2.64 bits per heavy atom. The molecule has 4 heteroatoms. The van der Waals surface area contributed by atoms with Crippen LogP contribution in [-0.2, 0) is 11.3 Å². The summed E-state index contributed by atoms with van der Waals surface area (Å²) in [6, 6.07) is 16.7. The summed E-state index contributed by atoms with van der Waals surface area (Å²) in [5.41, 5.74) is 4.73. The number of nitrogens with zero attached hydrogens (tertiary/aromatic N) is 3. The Labute approximate surface area is 148 Å². The first-order chi connectivity index (χ1) is 12.2. The minimum Gasteiger partial charge on any atom is -0.342 e. The largest absolute Gasteiger partial charge is 0.342 e. The van der Waals surface area contributed by atoms with E-state index in [0.29, 0.717) is 6.42 Å². The number of likely N-dealkylation sites (tertiary alicyclic amines) is 1. The van der Waals surface area contributed by atoms with Crippen molar-refractivity contribution in [3.05, 3.63) is 65.5 Å². The lowest BCUT2D eigenvalue weighted by molar-refractivity contribution is -0.127. The molecule has 0 aliphatic carbocycles. The number of carbonyl (C=O) groups is 1. The number of imidazole rings is 1. The third-order valence-corrected chi connectivity index (χ3v) is 5.24. The lowest BCUT2D eigenvalue weighted by Gasteiger charge is -2.16. The molecule has 4 rings (SSSR count). The highest BCUT2D eigenvalue weighted by Crippen LogP contribution is 2.31. The molecule has 0 unspecified atom stereocenters. The zero-order valence-corrected chi connectivity index (χ0v) is 14.8. The molecule has 0 spiro atoms. The maximum atomic E-state index is 12.2. The van der Waals surface area contributed by atoms with E-state index < -0.39 is 0 Å². The first-order valence-corrected chi connectivity index (χ1v) is 8.94. The van der Waals surface area contributed by atoms with E-state index in [4.69, 9.17) is 4.98 Å². The van der Waals surface area contributed by atoms with Crippen molar-refractivity contribution in [1.29, 1.82) is 0 Å². The summed E-state index contributed by atoms with van der Waals surface area (Å²) in [5.74, 6) is 1.44. The molecule has 128 valence electrons. The number of aromatic nitrogens is 2. The summed E-state index contributed by atoms with van der Waals surface area (Å²) in [6.07, 6.45) is 0.560. The number of likely N-dealkylation sites (N-methyl/N-ethyl adjacent to an activating group) is 1. The quantitative estimate of drug-likeness (QED) is 0.730. The predicted octanol–water partition coefficient (Wildman–Crippen LogP) is 3.73.